The molecule has 7 aromatic heterocycles. The Morgan fingerprint density at radius 3 is 2.54 bits per heavy atom. The number of aromatic amines is 3. The molecular formula is C24H17N13O3S. The van der Waals surface area contributed by atoms with Crippen LogP contribution in [0.3, 0.4) is 0 Å². The number of rotatable bonds is 7. The van der Waals surface area contributed by atoms with Crippen LogP contribution in [0.2, 0.25) is 0 Å². The maximum Gasteiger partial charge on any atom is 0.269 e. The van der Waals surface area contributed by atoms with Crippen LogP contribution in [0.1, 0.15) is 33.7 Å². The van der Waals surface area contributed by atoms with Crippen LogP contribution in [0.15, 0.2) is 94.2 Å². The van der Waals surface area contributed by atoms with E-state index >= 15 is 0 Å². The monoisotopic (exact) mass is 567 g/mol. The van der Waals surface area contributed by atoms with Crippen molar-refractivity contribution < 1.29 is 13.7 Å². The maximum absolute atomic E-state index is 7.49. The molecule has 7 aromatic rings. The Kier molecular flexibility index (Phi) is 4.97. The number of nitrogens with one attached hydrogen (secondary N) is 3. The third-order valence-corrected chi connectivity index (χ3v) is 7.89. The number of pyridine rings is 1. The number of ether oxygens (including phenoxy) is 1. The summed E-state index contributed by atoms with van der Waals surface area (Å²) in [4.78, 5) is 19.3. The van der Waals surface area contributed by atoms with Crippen molar-refractivity contribution in [2.45, 2.75) is 16.9 Å². The predicted octanol–water partition coefficient (Wildman–Crippen LogP) is 2.10. The van der Waals surface area contributed by atoms with E-state index in [1.165, 1.54) is 17.6 Å². The molecule has 0 amide bonds. The Morgan fingerprint density at radius 2 is 1.88 bits per heavy atom. The summed E-state index contributed by atoms with van der Waals surface area (Å²) >= 11 is 1.34. The largest absolute Gasteiger partial charge is 0.466 e. The quantitative estimate of drug-likeness (QED) is 0.253. The van der Waals surface area contributed by atoms with Gasteiger partial charge in [-0.1, -0.05) is 16.3 Å². The number of aromatic nitrogens is 12. The van der Waals surface area contributed by atoms with E-state index in [-0.39, 0.29) is 5.95 Å². The SMILES string of the molecule is c1ccc(C2(c3ncc[nH]3)OC(c3ccon3)(c3nccs3)N(c3nn[nH]n3)C2(c2cn[nH]n2)c2ccco2)nc1. The Morgan fingerprint density at radius 1 is 0.878 bits per heavy atom. The minimum Gasteiger partial charge on any atom is -0.466 e. The fourth-order valence-corrected chi connectivity index (χ4v) is 6.41. The van der Waals surface area contributed by atoms with Crippen LogP contribution in [0.25, 0.3) is 0 Å². The van der Waals surface area contributed by atoms with Crippen molar-refractivity contribution in [2.24, 2.45) is 0 Å². The number of thiazole rings is 1. The Hall–Kier alpha value is -5.55. The van der Waals surface area contributed by atoms with Crippen molar-refractivity contribution in [2.75, 3.05) is 4.90 Å². The zero-order valence-corrected chi connectivity index (χ0v) is 21.5. The van der Waals surface area contributed by atoms with Gasteiger partial charge in [-0.2, -0.15) is 20.6 Å². The van der Waals surface area contributed by atoms with Crippen molar-refractivity contribution in [1.29, 1.82) is 0 Å². The van der Waals surface area contributed by atoms with E-state index in [0.717, 1.165) is 0 Å². The second kappa shape index (κ2) is 8.73. The van der Waals surface area contributed by atoms with Crippen LogP contribution in [-0.4, -0.2) is 61.1 Å². The van der Waals surface area contributed by atoms with Gasteiger partial charge in [0.15, 0.2) is 10.5 Å². The summed E-state index contributed by atoms with van der Waals surface area (Å²) in [5, 5.41) is 33.5. The van der Waals surface area contributed by atoms with Gasteiger partial charge in [0, 0.05) is 36.2 Å². The number of anilines is 1. The van der Waals surface area contributed by atoms with Crippen molar-refractivity contribution >= 4 is 17.3 Å². The van der Waals surface area contributed by atoms with E-state index in [4.69, 9.17) is 28.6 Å². The van der Waals surface area contributed by atoms with Gasteiger partial charge in [0.1, 0.15) is 29.2 Å². The molecule has 41 heavy (non-hydrogen) atoms. The van der Waals surface area contributed by atoms with Gasteiger partial charge < -0.3 is 18.7 Å². The first-order valence-electron chi connectivity index (χ1n) is 12.2. The number of tetrazole rings is 1. The van der Waals surface area contributed by atoms with Crippen molar-refractivity contribution in [3.8, 4) is 0 Å². The summed E-state index contributed by atoms with van der Waals surface area (Å²) in [6.45, 7) is 0. The van der Waals surface area contributed by atoms with Crippen LogP contribution in [0.4, 0.5) is 5.95 Å². The number of hydrogen-bond acceptors (Lipinski definition) is 14. The molecule has 16 nitrogen and oxygen atoms in total. The fourth-order valence-electron chi connectivity index (χ4n) is 5.64. The third kappa shape index (κ3) is 2.92. The molecule has 0 aromatic carbocycles. The van der Waals surface area contributed by atoms with Crippen molar-refractivity contribution in [3.05, 3.63) is 119 Å². The summed E-state index contributed by atoms with van der Waals surface area (Å²) in [5.41, 5.74) is -3.82. The molecule has 1 aliphatic heterocycles. The summed E-state index contributed by atoms with van der Waals surface area (Å²) in [6.07, 6.45) is 11.2. The summed E-state index contributed by atoms with van der Waals surface area (Å²) < 4.78 is 19.1. The van der Waals surface area contributed by atoms with Crippen molar-refractivity contribution in [3.63, 3.8) is 0 Å². The number of furan rings is 1. The molecule has 0 saturated carbocycles. The third-order valence-electron chi connectivity index (χ3n) is 7.02. The molecule has 0 aliphatic carbocycles. The van der Waals surface area contributed by atoms with Gasteiger partial charge >= 0.3 is 0 Å². The topological polar surface area (TPSA) is 202 Å². The summed E-state index contributed by atoms with van der Waals surface area (Å²) in [6, 6.07) is 10.7. The standard InChI is InChI=1S/C24H17N13O3S/c1-2-7-25-15(4-1)23(19-26-8-9-27-19)22(17-14-29-34-30-17,18-5-3-11-38-18)37(21-31-35-36-32-21)24(40-23,16-6-12-39-33-16)20-28-10-13-41-20/h1-14H,(H,26,27)(H,29,30,34)(H,31,32,35,36). The Balaban J connectivity index is 1.64. The molecule has 3 unspecified atom stereocenters. The lowest BCUT2D eigenvalue weighted by molar-refractivity contribution is -0.0912. The van der Waals surface area contributed by atoms with Crippen molar-refractivity contribution in [1.82, 2.24) is 61.1 Å². The first-order valence-corrected chi connectivity index (χ1v) is 13.1. The van der Waals surface area contributed by atoms with Gasteiger partial charge in [0.2, 0.25) is 11.3 Å². The van der Waals surface area contributed by atoms with E-state index in [2.05, 4.69) is 46.2 Å². The number of nitrogens with zero attached hydrogens (tertiary/aromatic N) is 10. The lowest BCUT2D eigenvalue weighted by Gasteiger charge is -2.43. The number of H-pyrrole nitrogens is 3. The zero-order valence-electron chi connectivity index (χ0n) is 20.7. The molecule has 1 fully saturated rings. The van der Waals surface area contributed by atoms with Gasteiger partial charge in [-0.25, -0.2) is 9.97 Å². The smallest absolute Gasteiger partial charge is 0.269 e. The molecule has 17 heteroatoms. The van der Waals surface area contributed by atoms with Crippen LogP contribution in [0.5, 0.6) is 0 Å². The average molecular weight is 568 g/mol. The highest BCUT2D eigenvalue weighted by molar-refractivity contribution is 7.09. The lowest BCUT2D eigenvalue weighted by Crippen LogP contribution is -2.59. The molecular weight excluding hydrogens is 550 g/mol. The van der Waals surface area contributed by atoms with Gasteiger partial charge in [-0.3, -0.25) is 9.88 Å². The second-order valence-electron chi connectivity index (χ2n) is 8.89. The number of imidazole rings is 1. The second-order valence-corrected chi connectivity index (χ2v) is 9.79. The molecule has 3 atom stereocenters. The van der Waals surface area contributed by atoms with E-state index in [1.807, 2.05) is 23.6 Å². The predicted molar refractivity (Wildman–Crippen MR) is 137 cm³/mol. The zero-order chi connectivity index (χ0) is 27.3. The number of hydrogen-bond donors (Lipinski definition) is 3. The minimum absolute atomic E-state index is 0.104. The molecule has 202 valence electrons. The van der Waals surface area contributed by atoms with Gasteiger partial charge in [0.25, 0.3) is 5.95 Å². The van der Waals surface area contributed by atoms with E-state index in [1.54, 1.807) is 60.3 Å². The molecule has 0 spiro atoms. The fraction of sp³-hybridized carbons (Fsp3) is 0.125. The summed E-state index contributed by atoms with van der Waals surface area (Å²) in [5.74, 6) is 0.846. The normalized spacial score (nSPS) is 24.2. The van der Waals surface area contributed by atoms with E-state index < -0.39 is 16.9 Å². The minimum atomic E-state index is -1.68. The molecule has 1 saturated heterocycles. The molecule has 8 rings (SSSR count). The van der Waals surface area contributed by atoms with Gasteiger partial charge in [0.05, 0.1) is 18.2 Å². The molecule has 0 bridgehead atoms. The van der Waals surface area contributed by atoms with E-state index in [0.29, 0.717) is 33.7 Å². The molecule has 3 N–H and O–H groups in total. The van der Waals surface area contributed by atoms with Gasteiger partial charge in [-0.15, -0.1) is 16.4 Å². The maximum atomic E-state index is 7.49. The van der Waals surface area contributed by atoms with Crippen LogP contribution in [0, 0.1) is 0 Å². The Labute approximate surface area is 232 Å². The first kappa shape index (κ1) is 23.3. The molecule has 1 aliphatic rings. The summed E-state index contributed by atoms with van der Waals surface area (Å²) in [7, 11) is 0. The molecule has 8 heterocycles. The highest BCUT2D eigenvalue weighted by Crippen LogP contribution is 2.66. The average Bonchev–Trinajstić information content (AvgIpc) is 3.85. The highest BCUT2D eigenvalue weighted by atomic mass is 32.1. The van der Waals surface area contributed by atoms with Gasteiger partial charge in [-0.05, 0) is 29.5 Å². The van der Waals surface area contributed by atoms with E-state index in [9.17, 15) is 0 Å². The van der Waals surface area contributed by atoms with Crippen LogP contribution >= 0.6 is 11.3 Å². The highest BCUT2D eigenvalue weighted by Gasteiger charge is 2.80. The first-order chi connectivity index (χ1) is 20.3. The molecule has 0 radical (unpaired) electrons. The lowest BCUT2D eigenvalue weighted by atomic mass is 9.71. The van der Waals surface area contributed by atoms with Crippen LogP contribution < -0.4 is 4.90 Å². The van der Waals surface area contributed by atoms with Crippen LogP contribution in [-0.2, 0) is 21.6 Å². The Bertz CT molecular complexity index is 1750.